The molecule has 0 aromatic heterocycles. The molecule has 0 aliphatic carbocycles. The van der Waals surface area contributed by atoms with Crippen molar-refractivity contribution in [2.24, 2.45) is 0 Å². The number of amides is 2. The van der Waals surface area contributed by atoms with Gasteiger partial charge in [-0.05, 0) is 36.9 Å². The molecule has 1 aliphatic rings. The average Bonchev–Trinajstić information content (AvgIpc) is 3.07. The van der Waals surface area contributed by atoms with E-state index >= 15 is 0 Å². The van der Waals surface area contributed by atoms with Gasteiger partial charge in [0, 0.05) is 16.7 Å². The van der Waals surface area contributed by atoms with Crippen molar-refractivity contribution in [3.63, 3.8) is 0 Å². The molecular formula is C26H20FNO4S. The fourth-order valence-corrected chi connectivity index (χ4v) is 4.08. The van der Waals surface area contributed by atoms with Crippen molar-refractivity contribution in [1.82, 2.24) is 4.90 Å². The van der Waals surface area contributed by atoms with Gasteiger partial charge in [-0.2, -0.15) is 0 Å². The number of imide groups is 1. The number of thioether (sulfide) groups is 1. The van der Waals surface area contributed by atoms with Crippen molar-refractivity contribution in [1.29, 1.82) is 0 Å². The number of nitrogens with zero attached hydrogens (tertiary/aromatic N) is 1. The Labute approximate surface area is 194 Å². The molecule has 7 heteroatoms. The van der Waals surface area contributed by atoms with Gasteiger partial charge in [0.25, 0.3) is 11.1 Å². The summed E-state index contributed by atoms with van der Waals surface area (Å²) >= 11 is 0.773. The number of carbonyl (C=O) groups excluding carboxylic acids is 3. The molecule has 1 saturated heterocycles. The van der Waals surface area contributed by atoms with Crippen LogP contribution in [0.3, 0.4) is 0 Å². The SMILES string of the molecule is Cc1ccc(C(=O)CN2C(=O)S/C(=C\c3ccccc3OCc3ccccc3F)C2=O)cc1. The molecule has 5 nitrogen and oxygen atoms in total. The Morgan fingerprint density at radius 1 is 1.00 bits per heavy atom. The molecule has 4 rings (SSSR count). The lowest BCUT2D eigenvalue weighted by atomic mass is 10.1. The molecule has 0 saturated carbocycles. The Hall–Kier alpha value is -3.71. The van der Waals surface area contributed by atoms with Gasteiger partial charge in [0.1, 0.15) is 18.2 Å². The number of benzene rings is 3. The van der Waals surface area contributed by atoms with E-state index in [1.165, 1.54) is 6.07 Å². The monoisotopic (exact) mass is 461 g/mol. The van der Waals surface area contributed by atoms with Crippen LogP contribution in [0.25, 0.3) is 6.08 Å². The first kappa shape index (κ1) is 22.5. The molecule has 3 aromatic rings. The summed E-state index contributed by atoms with van der Waals surface area (Å²) in [4.78, 5) is 39.0. The smallest absolute Gasteiger partial charge is 0.293 e. The van der Waals surface area contributed by atoms with E-state index in [-0.39, 0.29) is 29.7 Å². The van der Waals surface area contributed by atoms with Crippen LogP contribution in [0.4, 0.5) is 9.18 Å². The zero-order valence-corrected chi connectivity index (χ0v) is 18.6. The van der Waals surface area contributed by atoms with E-state index in [4.69, 9.17) is 4.74 Å². The van der Waals surface area contributed by atoms with E-state index in [0.29, 0.717) is 22.4 Å². The van der Waals surface area contributed by atoms with E-state index in [9.17, 15) is 18.8 Å². The lowest BCUT2D eigenvalue weighted by Crippen LogP contribution is -2.33. The van der Waals surface area contributed by atoms with Crippen LogP contribution < -0.4 is 4.74 Å². The minimum atomic E-state index is -0.533. The quantitative estimate of drug-likeness (QED) is 0.337. The second-order valence-corrected chi connectivity index (χ2v) is 8.47. The molecule has 0 N–H and O–H groups in total. The van der Waals surface area contributed by atoms with Crippen molar-refractivity contribution < 1.29 is 23.5 Å². The second-order valence-electron chi connectivity index (χ2n) is 7.47. The molecule has 166 valence electrons. The van der Waals surface area contributed by atoms with Gasteiger partial charge in [-0.15, -0.1) is 0 Å². The number of hydrogen-bond donors (Lipinski definition) is 0. The van der Waals surface area contributed by atoms with Crippen molar-refractivity contribution >= 4 is 34.8 Å². The fraction of sp³-hybridized carbons (Fsp3) is 0.115. The Bertz CT molecular complexity index is 1250. The normalized spacial score (nSPS) is 14.7. The summed E-state index contributed by atoms with van der Waals surface area (Å²) < 4.78 is 19.7. The minimum Gasteiger partial charge on any atom is -0.488 e. The van der Waals surface area contributed by atoms with Crippen LogP contribution in [-0.2, 0) is 11.4 Å². The largest absolute Gasteiger partial charge is 0.488 e. The van der Waals surface area contributed by atoms with Crippen LogP contribution in [-0.4, -0.2) is 28.4 Å². The number of ether oxygens (including phenoxy) is 1. The van der Waals surface area contributed by atoms with Gasteiger partial charge in [0.15, 0.2) is 5.78 Å². The maximum Gasteiger partial charge on any atom is 0.293 e. The van der Waals surface area contributed by atoms with Crippen molar-refractivity contribution in [2.75, 3.05) is 6.54 Å². The summed E-state index contributed by atoms with van der Waals surface area (Å²) in [5, 5.41) is -0.503. The van der Waals surface area contributed by atoms with Crippen LogP contribution in [0.15, 0.2) is 77.7 Å². The molecule has 2 amide bonds. The van der Waals surface area contributed by atoms with Crippen LogP contribution >= 0.6 is 11.8 Å². The molecule has 1 fully saturated rings. The number of Topliss-reactive ketones (excluding diaryl/α,β-unsaturated/α-hetero) is 1. The van der Waals surface area contributed by atoms with Crippen LogP contribution in [0.1, 0.15) is 27.0 Å². The fourth-order valence-electron chi connectivity index (χ4n) is 3.25. The molecule has 3 aromatic carbocycles. The number of para-hydroxylation sites is 1. The van der Waals surface area contributed by atoms with Gasteiger partial charge >= 0.3 is 0 Å². The highest BCUT2D eigenvalue weighted by molar-refractivity contribution is 8.18. The van der Waals surface area contributed by atoms with Crippen molar-refractivity contribution in [3.8, 4) is 5.75 Å². The third-order valence-corrected chi connectivity index (χ3v) is 6.00. The molecule has 33 heavy (non-hydrogen) atoms. The highest BCUT2D eigenvalue weighted by Crippen LogP contribution is 2.34. The van der Waals surface area contributed by atoms with E-state index in [1.807, 2.05) is 6.92 Å². The van der Waals surface area contributed by atoms with Gasteiger partial charge in [-0.25, -0.2) is 4.39 Å². The number of ketones is 1. The first-order valence-corrected chi connectivity index (χ1v) is 11.0. The van der Waals surface area contributed by atoms with E-state index < -0.39 is 11.1 Å². The number of hydrogen-bond acceptors (Lipinski definition) is 5. The van der Waals surface area contributed by atoms with Gasteiger partial charge in [-0.1, -0.05) is 66.2 Å². The van der Waals surface area contributed by atoms with Crippen molar-refractivity contribution in [2.45, 2.75) is 13.5 Å². The zero-order valence-electron chi connectivity index (χ0n) is 17.8. The maximum atomic E-state index is 13.9. The van der Waals surface area contributed by atoms with Gasteiger partial charge < -0.3 is 4.74 Å². The van der Waals surface area contributed by atoms with Crippen molar-refractivity contribution in [3.05, 3.63) is 106 Å². The Morgan fingerprint density at radius 2 is 1.70 bits per heavy atom. The Morgan fingerprint density at radius 3 is 2.45 bits per heavy atom. The molecule has 0 radical (unpaired) electrons. The third kappa shape index (κ3) is 5.21. The number of rotatable bonds is 7. The summed E-state index contributed by atoms with van der Waals surface area (Å²) in [6.07, 6.45) is 1.55. The zero-order chi connectivity index (χ0) is 23.4. The highest BCUT2D eigenvalue weighted by atomic mass is 32.2. The summed E-state index contributed by atoms with van der Waals surface area (Å²) in [5.41, 5.74) is 2.43. The van der Waals surface area contributed by atoms with Gasteiger partial charge in [-0.3, -0.25) is 19.3 Å². The summed E-state index contributed by atoms with van der Waals surface area (Å²) in [7, 11) is 0. The molecule has 0 atom stereocenters. The molecule has 0 bridgehead atoms. The second kappa shape index (κ2) is 9.83. The van der Waals surface area contributed by atoms with E-state index in [2.05, 4.69) is 0 Å². The highest BCUT2D eigenvalue weighted by Gasteiger charge is 2.36. The Balaban J connectivity index is 1.50. The summed E-state index contributed by atoms with van der Waals surface area (Å²) in [6, 6.07) is 20.3. The van der Waals surface area contributed by atoms with E-state index in [0.717, 1.165) is 22.2 Å². The van der Waals surface area contributed by atoms with Crippen LogP contribution in [0.5, 0.6) is 5.75 Å². The first-order valence-electron chi connectivity index (χ1n) is 10.2. The average molecular weight is 462 g/mol. The standard InChI is InChI=1S/C26H20FNO4S/c1-17-10-12-18(13-11-17)22(29)15-28-25(30)24(33-26(28)31)14-19-6-3-5-9-23(19)32-16-20-7-2-4-8-21(20)27/h2-14H,15-16H2,1H3/b24-14-. The molecule has 0 unspecified atom stereocenters. The molecule has 0 spiro atoms. The predicted molar refractivity (Wildman–Crippen MR) is 125 cm³/mol. The maximum absolute atomic E-state index is 13.9. The van der Waals surface area contributed by atoms with Crippen LogP contribution in [0.2, 0.25) is 0 Å². The Kier molecular flexibility index (Phi) is 6.70. The lowest BCUT2D eigenvalue weighted by molar-refractivity contribution is -0.122. The van der Waals surface area contributed by atoms with Crippen LogP contribution in [0, 0.1) is 12.7 Å². The number of carbonyl (C=O) groups is 3. The third-order valence-electron chi connectivity index (χ3n) is 5.10. The van der Waals surface area contributed by atoms with Gasteiger partial charge in [0.2, 0.25) is 0 Å². The van der Waals surface area contributed by atoms with Gasteiger partial charge in [0.05, 0.1) is 11.4 Å². The lowest BCUT2D eigenvalue weighted by Gasteiger charge is -2.12. The molecule has 1 aliphatic heterocycles. The summed E-state index contributed by atoms with van der Waals surface area (Å²) in [5.74, 6) is -0.765. The molecular weight excluding hydrogens is 441 g/mol. The summed E-state index contributed by atoms with van der Waals surface area (Å²) in [6.45, 7) is 1.61. The predicted octanol–water partition coefficient (Wildman–Crippen LogP) is 5.63. The topological polar surface area (TPSA) is 63.7 Å². The van der Waals surface area contributed by atoms with E-state index in [1.54, 1.807) is 72.8 Å². The number of halogens is 1. The number of aryl methyl sites for hydroxylation is 1. The molecule has 1 heterocycles. The minimum absolute atomic E-state index is 0.0179. The first-order chi connectivity index (χ1) is 15.9.